The molecular formula is C15H14N4O2. The van der Waals surface area contributed by atoms with Gasteiger partial charge in [0.15, 0.2) is 0 Å². The number of carbonyl (C=O) groups excluding carboxylic acids is 1. The maximum Gasteiger partial charge on any atom is 0.275 e. The van der Waals surface area contributed by atoms with Crippen molar-refractivity contribution in [2.75, 3.05) is 5.32 Å². The topological polar surface area (TPSA) is 68.4 Å². The Hall–Kier alpha value is -2.89. The lowest BCUT2D eigenvalue weighted by atomic mass is 10.3. The van der Waals surface area contributed by atoms with Crippen LogP contribution in [0.5, 0.6) is 0 Å². The number of amides is 1. The number of rotatable bonds is 3. The van der Waals surface area contributed by atoms with Crippen LogP contribution in [0.4, 0.5) is 5.69 Å². The maximum absolute atomic E-state index is 12.2. The van der Waals surface area contributed by atoms with Gasteiger partial charge in [-0.25, -0.2) is 4.98 Å². The number of imidazole rings is 1. The molecule has 3 aromatic rings. The summed E-state index contributed by atoms with van der Waals surface area (Å²) >= 11 is 0. The summed E-state index contributed by atoms with van der Waals surface area (Å²) in [7, 11) is 0. The lowest BCUT2D eigenvalue weighted by Gasteiger charge is -2.06. The monoisotopic (exact) mass is 282 g/mol. The third-order valence-corrected chi connectivity index (χ3v) is 3.18. The highest BCUT2D eigenvalue weighted by Gasteiger charge is 2.11. The molecule has 0 radical (unpaired) electrons. The van der Waals surface area contributed by atoms with E-state index < -0.39 is 0 Å². The first-order valence-corrected chi connectivity index (χ1v) is 6.63. The number of aromatic nitrogens is 3. The van der Waals surface area contributed by atoms with E-state index in [0.717, 1.165) is 0 Å². The lowest BCUT2D eigenvalue weighted by Crippen LogP contribution is -2.19. The predicted octanol–water partition coefficient (Wildman–Crippen LogP) is 1.77. The highest BCUT2D eigenvalue weighted by molar-refractivity contribution is 6.03. The largest absolute Gasteiger partial charge is 0.319 e. The van der Waals surface area contributed by atoms with Crippen molar-refractivity contribution in [2.45, 2.75) is 13.5 Å². The molecule has 3 heterocycles. The molecule has 6 nitrogen and oxygen atoms in total. The zero-order valence-electron chi connectivity index (χ0n) is 11.5. The normalized spacial score (nSPS) is 10.7. The van der Waals surface area contributed by atoms with Crippen molar-refractivity contribution in [3.8, 4) is 0 Å². The molecule has 0 saturated heterocycles. The van der Waals surface area contributed by atoms with Gasteiger partial charge in [0.1, 0.15) is 11.3 Å². The zero-order chi connectivity index (χ0) is 14.8. The second kappa shape index (κ2) is 5.24. The zero-order valence-corrected chi connectivity index (χ0v) is 11.5. The number of nitrogens with zero attached hydrogens (tertiary/aromatic N) is 3. The van der Waals surface area contributed by atoms with Crippen LogP contribution >= 0.6 is 0 Å². The third-order valence-electron chi connectivity index (χ3n) is 3.18. The van der Waals surface area contributed by atoms with Crippen LogP contribution in [0.1, 0.15) is 17.4 Å². The number of pyridine rings is 2. The minimum absolute atomic E-state index is 0.0942. The number of hydrogen-bond acceptors (Lipinski definition) is 3. The second-order valence-electron chi connectivity index (χ2n) is 4.59. The summed E-state index contributed by atoms with van der Waals surface area (Å²) in [6.45, 7) is 2.42. The van der Waals surface area contributed by atoms with E-state index in [4.69, 9.17) is 0 Å². The number of aryl methyl sites for hydroxylation is 1. The standard InChI is InChI=1S/C15H14N4O2/c1-2-18-9-11(6-7-14(18)20)16-15(21)12-10-19-8-4-3-5-13(19)17-12/h3-10H,2H2,1H3,(H,16,21). The molecule has 0 fully saturated rings. The van der Waals surface area contributed by atoms with Crippen molar-refractivity contribution < 1.29 is 4.79 Å². The van der Waals surface area contributed by atoms with Crippen molar-refractivity contribution in [1.29, 1.82) is 0 Å². The van der Waals surface area contributed by atoms with Gasteiger partial charge in [0, 0.05) is 31.2 Å². The van der Waals surface area contributed by atoms with Gasteiger partial charge in [-0.15, -0.1) is 0 Å². The van der Waals surface area contributed by atoms with Crippen molar-refractivity contribution in [1.82, 2.24) is 14.0 Å². The summed E-state index contributed by atoms with van der Waals surface area (Å²) in [6.07, 6.45) is 5.12. The van der Waals surface area contributed by atoms with Crippen LogP contribution < -0.4 is 10.9 Å². The summed E-state index contributed by atoms with van der Waals surface area (Å²) in [5.74, 6) is -0.306. The molecule has 0 aliphatic carbocycles. The van der Waals surface area contributed by atoms with Gasteiger partial charge < -0.3 is 14.3 Å². The molecule has 0 aliphatic rings. The molecule has 0 saturated carbocycles. The van der Waals surface area contributed by atoms with Crippen LogP contribution in [0.25, 0.3) is 5.65 Å². The fraction of sp³-hybridized carbons (Fsp3) is 0.133. The molecule has 0 aromatic carbocycles. The van der Waals surface area contributed by atoms with Crippen LogP contribution in [-0.4, -0.2) is 19.9 Å². The highest BCUT2D eigenvalue weighted by atomic mass is 16.2. The van der Waals surface area contributed by atoms with Crippen LogP contribution in [0, 0.1) is 0 Å². The SMILES string of the molecule is CCn1cc(NC(=O)c2cn3ccccc3n2)ccc1=O. The minimum atomic E-state index is -0.306. The highest BCUT2D eigenvalue weighted by Crippen LogP contribution is 2.09. The van der Waals surface area contributed by atoms with Gasteiger partial charge in [-0.2, -0.15) is 0 Å². The fourth-order valence-corrected chi connectivity index (χ4v) is 2.09. The van der Waals surface area contributed by atoms with Gasteiger partial charge in [-0.05, 0) is 25.1 Å². The van der Waals surface area contributed by atoms with E-state index >= 15 is 0 Å². The molecule has 0 aliphatic heterocycles. The van der Waals surface area contributed by atoms with Crippen LogP contribution in [0.2, 0.25) is 0 Å². The quantitative estimate of drug-likeness (QED) is 0.796. The summed E-state index contributed by atoms with van der Waals surface area (Å²) in [6, 6.07) is 8.58. The van der Waals surface area contributed by atoms with Crippen molar-refractivity contribution >= 4 is 17.2 Å². The van der Waals surface area contributed by atoms with Gasteiger partial charge in [0.05, 0.1) is 5.69 Å². The van der Waals surface area contributed by atoms with Crippen molar-refractivity contribution in [3.63, 3.8) is 0 Å². The van der Waals surface area contributed by atoms with Gasteiger partial charge >= 0.3 is 0 Å². The van der Waals surface area contributed by atoms with Crippen LogP contribution in [0.3, 0.4) is 0 Å². The van der Waals surface area contributed by atoms with E-state index in [1.807, 2.05) is 31.3 Å². The number of hydrogen-bond donors (Lipinski definition) is 1. The molecule has 0 unspecified atom stereocenters. The van der Waals surface area contributed by atoms with Crippen LogP contribution in [-0.2, 0) is 6.54 Å². The molecule has 0 spiro atoms. The van der Waals surface area contributed by atoms with E-state index in [9.17, 15) is 9.59 Å². The molecule has 0 atom stereocenters. The molecule has 1 amide bonds. The Balaban J connectivity index is 1.87. The molecule has 6 heteroatoms. The molecule has 3 rings (SSSR count). The molecule has 0 bridgehead atoms. The van der Waals surface area contributed by atoms with Crippen molar-refractivity contribution in [3.05, 3.63) is 65.0 Å². The average Bonchev–Trinajstić information content (AvgIpc) is 2.93. The van der Waals surface area contributed by atoms with E-state index in [1.165, 1.54) is 10.6 Å². The first kappa shape index (κ1) is 13.1. The summed E-state index contributed by atoms with van der Waals surface area (Å²) in [4.78, 5) is 28.0. The van der Waals surface area contributed by atoms with E-state index in [2.05, 4.69) is 10.3 Å². The Morgan fingerprint density at radius 2 is 2.10 bits per heavy atom. The minimum Gasteiger partial charge on any atom is -0.319 e. The first-order valence-electron chi connectivity index (χ1n) is 6.63. The maximum atomic E-state index is 12.2. The Labute approximate surface area is 120 Å². The predicted molar refractivity (Wildman–Crippen MR) is 79.5 cm³/mol. The smallest absolute Gasteiger partial charge is 0.275 e. The Kier molecular flexibility index (Phi) is 3.27. The molecule has 21 heavy (non-hydrogen) atoms. The van der Waals surface area contributed by atoms with E-state index in [0.29, 0.717) is 23.6 Å². The average molecular weight is 282 g/mol. The van der Waals surface area contributed by atoms with Gasteiger partial charge in [-0.3, -0.25) is 9.59 Å². The first-order chi connectivity index (χ1) is 10.2. The third kappa shape index (κ3) is 2.55. The van der Waals surface area contributed by atoms with E-state index in [1.54, 1.807) is 22.9 Å². The van der Waals surface area contributed by atoms with Gasteiger partial charge in [-0.1, -0.05) is 6.07 Å². The molecule has 3 aromatic heterocycles. The van der Waals surface area contributed by atoms with Crippen LogP contribution in [0.15, 0.2) is 53.7 Å². The van der Waals surface area contributed by atoms with Gasteiger partial charge in [0.25, 0.3) is 11.5 Å². The summed E-state index contributed by atoms with van der Waals surface area (Å²) in [5, 5.41) is 2.75. The number of fused-ring (bicyclic) bond motifs is 1. The van der Waals surface area contributed by atoms with Crippen molar-refractivity contribution in [2.24, 2.45) is 0 Å². The van der Waals surface area contributed by atoms with Gasteiger partial charge in [0.2, 0.25) is 0 Å². The molecule has 1 N–H and O–H groups in total. The number of anilines is 1. The second-order valence-corrected chi connectivity index (χ2v) is 4.59. The Morgan fingerprint density at radius 1 is 1.24 bits per heavy atom. The number of carbonyl (C=O) groups is 1. The molecular weight excluding hydrogens is 268 g/mol. The van der Waals surface area contributed by atoms with E-state index in [-0.39, 0.29) is 11.5 Å². The Morgan fingerprint density at radius 3 is 2.86 bits per heavy atom. The molecule has 106 valence electrons. The lowest BCUT2D eigenvalue weighted by molar-refractivity contribution is 0.102. The Bertz CT molecular complexity index is 830. The number of nitrogens with one attached hydrogen (secondary N) is 1. The fourth-order valence-electron chi connectivity index (χ4n) is 2.09. The summed E-state index contributed by atoms with van der Waals surface area (Å²) in [5.41, 5.74) is 1.51. The summed E-state index contributed by atoms with van der Waals surface area (Å²) < 4.78 is 3.31.